The third-order valence-corrected chi connectivity index (χ3v) is 3.67. The van der Waals surface area contributed by atoms with Gasteiger partial charge in [0.25, 0.3) is 0 Å². The molecule has 2 amide bonds. The maximum absolute atomic E-state index is 12.6. The average molecular weight is 435 g/mol. The Hall–Kier alpha value is -2.97. The Morgan fingerprint density at radius 1 is 1.00 bits per heavy atom. The Balaban J connectivity index is 2.81. The number of nitrogens with one attached hydrogen (secondary N) is 1. The Morgan fingerprint density at radius 3 is 2.06 bits per heavy atom. The van der Waals surface area contributed by atoms with Crippen molar-refractivity contribution in [2.24, 2.45) is 10.3 Å². The topological polar surface area (TPSA) is 110 Å². The third-order valence-electron chi connectivity index (χ3n) is 3.67. The van der Waals surface area contributed by atoms with Crippen molar-refractivity contribution < 1.29 is 23.9 Å². The number of rotatable bonds is 7. The molecule has 9 nitrogen and oxygen atoms in total. The fourth-order valence-corrected chi connectivity index (χ4v) is 2.29. The SMILES string of the molecule is Cc1ccc(N=NN(C)C(=O)N[C@@H](CCC(=O)OC(C)(C)C)C(=O)OC(C)(C)C)cc1. The molecule has 0 unspecified atom stereocenters. The molecule has 31 heavy (non-hydrogen) atoms. The molecule has 0 aliphatic heterocycles. The highest BCUT2D eigenvalue weighted by molar-refractivity contribution is 5.84. The maximum Gasteiger partial charge on any atom is 0.339 e. The molecule has 0 spiro atoms. The highest BCUT2D eigenvalue weighted by atomic mass is 16.6. The van der Waals surface area contributed by atoms with Gasteiger partial charge in [-0.1, -0.05) is 22.9 Å². The Bertz CT molecular complexity index is 792. The zero-order valence-corrected chi connectivity index (χ0v) is 19.7. The first-order chi connectivity index (χ1) is 14.2. The summed E-state index contributed by atoms with van der Waals surface area (Å²) in [5, 5.41) is 11.4. The molecule has 9 heteroatoms. The zero-order valence-electron chi connectivity index (χ0n) is 19.7. The summed E-state index contributed by atoms with van der Waals surface area (Å²) in [6.45, 7) is 12.4. The van der Waals surface area contributed by atoms with Crippen LogP contribution in [0.4, 0.5) is 10.5 Å². The molecule has 0 aliphatic carbocycles. The fourth-order valence-electron chi connectivity index (χ4n) is 2.29. The van der Waals surface area contributed by atoms with Crippen LogP contribution >= 0.6 is 0 Å². The van der Waals surface area contributed by atoms with Gasteiger partial charge in [0.1, 0.15) is 17.2 Å². The first-order valence-electron chi connectivity index (χ1n) is 10.1. The largest absolute Gasteiger partial charge is 0.460 e. The first kappa shape index (κ1) is 26.1. The number of ether oxygens (including phenoxy) is 2. The van der Waals surface area contributed by atoms with Gasteiger partial charge < -0.3 is 14.8 Å². The molecule has 1 aromatic rings. The average Bonchev–Trinajstić information content (AvgIpc) is 2.61. The summed E-state index contributed by atoms with van der Waals surface area (Å²) in [5.74, 6) is -1.11. The molecule has 0 aromatic heterocycles. The fraction of sp³-hybridized carbons (Fsp3) is 0.591. The van der Waals surface area contributed by atoms with E-state index in [1.54, 1.807) is 53.7 Å². The smallest absolute Gasteiger partial charge is 0.339 e. The normalized spacial score (nSPS) is 12.9. The van der Waals surface area contributed by atoms with Crippen molar-refractivity contribution in [2.45, 2.75) is 78.6 Å². The quantitative estimate of drug-likeness (QED) is 0.387. The monoisotopic (exact) mass is 434 g/mol. The molecular formula is C22H34N4O5. The van der Waals surface area contributed by atoms with Gasteiger partial charge in [0.15, 0.2) is 0 Å². The lowest BCUT2D eigenvalue weighted by Crippen LogP contribution is -2.47. The van der Waals surface area contributed by atoms with Gasteiger partial charge in [0, 0.05) is 13.5 Å². The van der Waals surface area contributed by atoms with E-state index in [1.165, 1.54) is 7.05 Å². The van der Waals surface area contributed by atoms with Crippen LogP contribution in [0.5, 0.6) is 0 Å². The van der Waals surface area contributed by atoms with Gasteiger partial charge in [0.2, 0.25) is 0 Å². The van der Waals surface area contributed by atoms with Crippen molar-refractivity contribution in [3.8, 4) is 0 Å². The lowest BCUT2D eigenvalue weighted by atomic mass is 10.1. The number of aryl methyl sites for hydroxylation is 1. The number of esters is 2. The molecule has 1 aromatic carbocycles. The van der Waals surface area contributed by atoms with Crippen LogP contribution in [0.2, 0.25) is 0 Å². The first-order valence-corrected chi connectivity index (χ1v) is 10.1. The molecule has 0 saturated carbocycles. The summed E-state index contributed by atoms with van der Waals surface area (Å²) in [6.07, 6.45) is -0.0332. The van der Waals surface area contributed by atoms with Gasteiger partial charge in [-0.15, -0.1) is 5.11 Å². The Kier molecular flexibility index (Phi) is 9.15. The summed E-state index contributed by atoms with van der Waals surface area (Å²) in [6, 6.07) is 5.60. The minimum Gasteiger partial charge on any atom is -0.460 e. The van der Waals surface area contributed by atoms with E-state index in [9.17, 15) is 14.4 Å². The number of amides is 2. The van der Waals surface area contributed by atoms with Crippen LogP contribution in [-0.2, 0) is 19.1 Å². The van der Waals surface area contributed by atoms with E-state index < -0.39 is 35.2 Å². The van der Waals surface area contributed by atoms with E-state index in [4.69, 9.17) is 9.47 Å². The van der Waals surface area contributed by atoms with Gasteiger partial charge in [-0.2, -0.15) is 5.01 Å². The standard InChI is InChI=1S/C22H34N4O5/c1-15-9-11-16(12-10-15)24-25-26(8)20(29)23-17(19(28)31-22(5,6)7)13-14-18(27)30-21(2,3)4/h9-12,17H,13-14H2,1-8H3,(H,23,29)/t17-/m0/s1. The van der Waals surface area contributed by atoms with Crippen LogP contribution < -0.4 is 5.32 Å². The van der Waals surface area contributed by atoms with Crippen LogP contribution in [0.15, 0.2) is 34.6 Å². The summed E-state index contributed by atoms with van der Waals surface area (Å²) >= 11 is 0. The van der Waals surface area contributed by atoms with Crippen LogP contribution in [0.1, 0.15) is 59.9 Å². The van der Waals surface area contributed by atoms with E-state index in [0.29, 0.717) is 5.69 Å². The molecule has 0 heterocycles. The molecule has 1 atom stereocenters. The van der Waals surface area contributed by atoms with Crippen molar-refractivity contribution in [2.75, 3.05) is 7.05 Å². The second-order valence-electron chi connectivity index (χ2n) is 9.21. The number of nitrogens with zero attached hydrogens (tertiary/aromatic N) is 3. The zero-order chi connectivity index (χ0) is 23.8. The second-order valence-corrected chi connectivity index (χ2v) is 9.21. The third kappa shape index (κ3) is 11.1. The van der Waals surface area contributed by atoms with E-state index >= 15 is 0 Å². The summed E-state index contributed by atoms with van der Waals surface area (Å²) in [7, 11) is 1.41. The number of urea groups is 1. The molecule has 0 radical (unpaired) electrons. The van der Waals surface area contributed by atoms with Crippen LogP contribution in [-0.4, -0.2) is 47.3 Å². The van der Waals surface area contributed by atoms with Crippen molar-refractivity contribution >= 4 is 23.7 Å². The highest BCUT2D eigenvalue weighted by Gasteiger charge is 2.29. The van der Waals surface area contributed by atoms with E-state index in [0.717, 1.165) is 10.6 Å². The number of hydrogen-bond donors (Lipinski definition) is 1. The Morgan fingerprint density at radius 2 is 1.55 bits per heavy atom. The second kappa shape index (κ2) is 10.9. The molecular weight excluding hydrogens is 400 g/mol. The summed E-state index contributed by atoms with van der Waals surface area (Å²) < 4.78 is 10.6. The number of benzene rings is 1. The van der Waals surface area contributed by atoms with Crippen molar-refractivity contribution in [1.29, 1.82) is 0 Å². The highest BCUT2D eigenvalue weighted by Crippen LogP contribution is 2.15. The van der Waals surface area contributed by atoms with Crippen molar-refractivity contribution in [1.82, 2.24) is 10.3 Å². The Labute approximate surface area is 184 Å². The van der Waals surface area contributed by atoms with Crippen LogP contribution in [0.3, 0.4) is 0 Å². The van der Waals surface area contributed by atoms with Gasteiger partial charge in [-0.3, -0.25) is 4.79 Å². The van der Waals surface area contributed by atoms with E-state index in [2.05, 4.69) is 15.7 Å². The lowest BCUT2D eigenvalue weighted by Gasteiger charge is -2.25. The molecule has 0 fully saturated rings. The molecule has 0 aliphatic rings. The van der Waals surface area contributed by atoms with Gasteiger partial charge in [0.05, 0.1) is 5.69 Å². The molecule has 0 saturated heterocycles. The number of carbonyl (C=O) groups excluding carboxylic acids is 3. The molecule has 0 bridgehead atoms. The number of hydrogen-bond acceptors (Lipinski definition) is 7. The summed E-state index contributed by atoms with van der Waals surface area (Å²) in [4.78, 5) is 37.1. The van der Waals surface area contributed by atoms with Crippen molar-refractivity contribution in [3.05, 3.63) is 29.8 Å². The minimum atomic E-state index is -1.05. The molecule has 1 N–H and O–H groups in total. The van der Waals surface area contributed by atoms with Gasteiger partial charge in [-0.25, -0.2) is 9.59 Å². The van der Waals surface area contributed by atoms with E-state index in [1.807, 2.05) is 19.1 Å². The predicted molar refractivity (Wildman–Crippen MR) is 117 cm³/mol. The van der Waals surface area contributed by atoms with E-state index in [-0.39, 0.29) is 12.8 Å². The molecule has 172 valence electrons. The predicted octanol–water partition coefficient (Wildman–Crippen LogP) is 4.47. The minimum absolute atomic E-state index is 0.0263. The van der Waals surface area contributed by atoms with Crippen molar-refractivity contribution in [3.63, 3.8) is 0 Å². The van der Waals surface area contributed by atoms with Crippen LogP contribution in [0, 0.1) is 6.92 Å². The number of carbonyl (C=O) groups is 3. The van der Waals surface area contributed by atoms with Gasteiger partial charge >= 0.3 is 18.0 Å². The summed E-state index contributed by atoms with van der Waals surface area (Å²) in [5.41, 5.74) is 0.274. The lowest BCUT2D eigenvalue weighted by molar-refractivity contribution is -0.158. The van der Waals surface area contributed by atoms with Crippen LogP contribution in [0.25, 0.3) is 0 Å². The molecule has 1 rings (SSSR count). The maximum atomic E-state index is 12.6. The van der Waals surface area contributed by atoms with Gasteiger partial charge in [-0.05, 0) is 67.0 Å².